The molecule has 0 spiro atoms. The number of aryl methyl sites for hydroxylation is 1. The third-order valence-electron chi connectivity index (χ3n) is 6.17. The summed E-state index contributed by atoms with van der Waals surface area (Å²) in [5.74, 6) is 0. The van der Waals surface area contributed by atoms with Gasteiger partial charge in [0.1, 0.15) is 0 Å². The van der Waals surface area contributed by atoms with E-state index >= 15 is 0 Å². The molecule has 176 valence electrons. The standard InChI is InChI=1S/C24H34N2O4S2/c1-4-21(3)26(19-22-11-9-20(2)10-12-22)32(29,30)24-15-13-23(14-16-24)31(27,28)25-17-7-5-6-8-18-25/h9-16,21H,4-8,17-19H2,1-3H3/t21-/m0/s1. The van der Waals surface area contributed by atoms with E-state index in [0.717, 1.165) is 36.8 Å². The second kappa shape index (κ2) is 10.5. The average Bonchev–Trinajstić information content (AvgIpc) is 3.08. The lowest BCUT2D eigenvalue weighted by Gasteiger charge is -2.28. The Morgan fingerprint density at radius 2 is 1.38 bits per heavy atom. The molecule has 32 heavy (non-hydrogen) atoms. The van der Waals surface area contributed by atoms with Crippen molar-refractivity contribution in [1.29, 1.82) is 0 Å². The van der Waals surface area contributed by atoms with E-state index in [1.165, 1.54) is 32.9 Å². The quantitative estimate of drug-likeness (QED) is 0.558. The van der Waals surface area contributed by atoms with Crippen LogP contribution in [0.25, 0.3) is 0 Å². The Hall–Kier alpha value is -1.74. The molecule has 0 aliphatic carbocycles. The van der Waals surface area contributed by atoms with Crippen LogP contribution in [0.15, 0.2) is 58.3 Å². The highest BCUT2D eigenvalue weighted by atomic mass is 32.2. The van der Waals surface area contributed by atoms with E-state index in [1.807, 2.05) is 45.0 Å². The summed E-state index contributed by atoms with van der Waals surface area (Å²) in [6, 6.07) is 13.3. The molecule has 1 aliphatic rings. The van der Waals surface area contributed by atoms with E-state index in [4.69, 9.17) is 0 Å². The van der Waals surface area contributed by atoms with Crippen LogP contribution in [0.5, 0.6) is 0 Å². The molecule has 0 unspecified atom stereocenters. The Balaban J connectivity index is 1.87. The van der Waals surface area contributed by atoms with E-state index in [9.17, 15) is 16.8 Å². The van der Waals surface area contributed by atoms with E-state index in [2.05, 4.69) is 0 Å². The van der Waals surface area contributed by atoms with Gasteiger partial charge in [0.15, 0.2) is 0 Å². The zero-order chi connectivity index (χ0) is 23.4. The first kappa shape index (κ1) is 24.9. The molecule has 1 heterocycles. The average molecular weight is 479 g/mol. The summed E-state index contributed by atoms with van der Waals surface area (Å²) in [5, 5.41) is 0. The van der Waals surface area contributed by atoms with Gasteiger partial charge in [0.05, 0.1) is 9.79 Å². The lowest BCUT2D eigenvalue weighted by molar-refractivity contribution is 0.323. The zero-order valence-corrected chi connectivity index (χ0v) is 20.8. The molecule has 0 bridgehead atoms. The molecule has 3 rings (SSSR count). The summed E-state index contributed by atoms with van der Waals surface area (Å²) >= 11 is 0. The molecule has 8 heteroatoms. The Morgan fingerprint density at radius 1 is 0.844 bits per heavy atom. The molecular formula is C24H34N2O4S2. The lowest BCUT2D eigenvalue weighted by atomic mass is 10.1. The van der Waals surface area contributed by atoms with Gasteiger partial charge < -0.3 is 0 Å². The second-order valence-electron chi connectivity index (χ2n) is 8.58. The zero-order valence-electron chi connectivity index (χ0n) is 19.2. The molecule has 1 atom stereocenters. The maximum Gasteiger partial charge on any atom is 0.243 e. The highest BCUT2D eigenvalue weighted by Crippen LogP contribution is 2.26. The first-order valence-corrected chi connectivity index (χ1v) is 14.2. The van der Waals surface area contributed by atoms with Crippen LogP contribution in [-0.2, 0) is 26.6 Å². The van der Waals surface area contributed by atoms with Crippen molar-refractivity contribution in [2.45, 2.75) is 75.3 Å². The van der Waals surface area contributed by atoms with Gasteiger partial charge >= 0.3 is 0 Å². The van der Waals surface area contributed by atoms with E-state index < -0.39 is 20.0 Å². The summed E-state index contributed by atoms with van der Waals surface area (Å²) < 4.78 is 56.0. The predicted molar refractivity (Wildman–Crippen MR) is 127 cm³/mol. The van der Waals surface area contributed by atoms with E-state index in [0.29, 0.717) is 19.5 Å². The molecule has 0 aromatic heterocycles. The van der Waals surface area contributed by atoms with Gasteiger partial charge in [-0.05, 0) is 62.9 Å². The van der Waals surface area contributed by atoms with Crippen molar-refractivity contribution < 1.29 is 16.8 Å². The number of sulfonamides is 2. The summed E-state index contributed by atoms with van der Waals surface area (Å²) in [6.45, 7) is 7.14. The van der Waals surface area contributed by atoms with Crippen LogP contribution in [-0.4, -0.2) is 44.6 Å². The van der Waals surface area contributed by atoms with Gasteiger partial charge in [0, 0.05) is 25.7 Å². The molecule has 2 aromatic carbocycles. The second-order valence-corrected chi connectivity index (χ2v) is 12.4. The van der Waals surface area contributed by atoms with Crippen LogP contribution in [0.2, 0.25) is 0 Å². The SMILES string of the molecule is CC[C@H](C)N(Cc1ccc(C)cc1)S(=O)(=O)c1ccc(S(=O)(=O)N2CCCCCC2)cc1. The first-order chi connectivity index (χ1) is 15.2. The van der Waals surface area contributed by atoms with Gasteiger partial charge in [0.2, 0.25) is 20.0 Å². The van der Waals surface area contributed by atoms with Crippen molar-refractivity contribution in [1.82, 2.24) is 8.61 Å². The highest BCUT2D eigenvalue weighted by molar-refractivity contribution is 7.89. The van der Waals surface area contributed by atoms with E-state index in [-0.39, 0.29) is 22.4 Å². The maximum absolute atomic E-state index is 13.5. The third kappa shape index (κ3) is 5.60. The largest absolute Gasteiger partial charge is 0.243 e. The van der Waals surface area contributed by atoms with Crippen LogP contribution in [0.1, 0.15) is 57.1 Å². The summed E-state index contributed by atoms with van der Waals surface area (Å²) in [7, 11) is -7.41. The van der Waals surface area contributed by atoms with Crippen LogP contribution in [0, 0.1) is 6.92 Å². The van der Waals surface area contributed by atoms with Crippen LogP contribution >= 0.6 is 0 Å². The molecule has 1 fully saturated rings. The van der Waals surface area contributed by atoms with Gasteiger partial charge in [-0.2, -0.15) is 8.61 Å². The molecule has 6 nitrogen and oxygen atoms in total. The summed E-state index contributed by atoms with van der Waals surface area (Å²) in [4.78, 5) is 0.256. The van der Waals surface area contributed by atoms with Gasteiger partial charge in [0.25, 0.3) is 0 Å². The van der Waals surface area contributed by atoms with Gasteiger partial charge in [-0.15, -0.1) is 0 Å². The monoisotopic (exact) mass is 478 g/mol. The number of rotatable bonds is 8. The number of benzene rings is 2. The molecule has 0 N–H and O–H groups in total. The number of nitrogens with zero attached hydrogens (tertiary/aromatic N) is 2. The molecule has 0 amide bonds. The number of hydrogen-bond acceptors (Lipinski definition) is 4. The minimum Gasteiger partial charge on any atom is -0.207 e. The maximum atomic E-state index is 13.5. The molecule has 1 aliphatic heterocycles. The van der Waals surface area contributed by atoms with Crippen molar-refractivity contribution in [2.75, 3.05) is 13.1 Å². The Bertz CT molecular complexity index is 1090. The third-order valence-corrected chi connectivity index (χ3v) is 10.1. The van der Waals surface area contributed by atoms with Crippen LogP contribution in [0.4, 0.5) is 0 Å². The molecule has 1 saturated heterocycles. The Kier molecular flexibility index (Phi) is 8.14. The van der Waals surface area contributed by atoms with Crippen molar-refractivity contribution in [2.24, 2.45) is 0 Å². The predicted octanol–water partition coefficient (Wildman–Crippen LogP) is 4.55. The smallest absolute Gasteiger partial charge is 0.207 e. The fourth-order valence-corrected chi connectivity index (χ4v) is 7.11. The normalized spacial score (nSPS) is 17.2. The molecule has 2 aromatic rings. The van der Waals surface area contributed by atoms with Crippen LogP contribution in [0.3, 0.4) is 0 Å². The summed E-state index contributed by atoms with van der Waals surface area (Å²) in [5.41, 5.74) is 2.03. The van der Waals surface area contributed by atoms with Gasteiger partial charge in [-0.3, -0.25) is 0 Å². The fourth-order valence-electron chi connectivity index (χ4n) is 3.90. The summed E-state index contributed by atoms with van der Waals surface area (Å²) in [6.07, 6.45) is 4.46. The first-order valence-electron chi connectivity index (χ1n) is 11.3. The highest BCUT2D eigenvalue weighted by Gasteiger charge is 2.30. The fraction of sp³-hybridized carbons (Fsp3) is 0.500. The van der Waals surface area contributed by atoms with Crippen LogP contribution < -0.4 is 0 Å². The van der Waals surface area contributed by atoms with Gasteiger partial charge in [-0.1, -0.05) is 49.6 Å². The molecule has 0 saturated carbocycles. The Morgan fingerprint density at radius 3 is 1.91 bits per heavy atom. The van der Waals surface area contributed by atoms with Crippen molar-refractivity contribution in [3.63, 3.8) is 0 Å². The Labute approximate surface area is 193 Å². The topological polar surface area (TPSA) is 74.8 Å². The number of hydrogen-bond donors (Lipinski definition) is 0. The van der Waals surface area contributed by atoms with E-state index in [1.54, 1.807) is 0 Å². The molecule has 0 radical (unpaired) electrons. The minimum atomic E-state index is -3.79. The minimum absolute atomic E-state index is 0.111. The van der Waals surface area contributed by atoms with Crippen molar-refractivity contribution >= 4 is 20.0 Å². The molecular weight excluding hydrogens is 444 g/mol. The van der Waals surface area contributed by atoms with Crippen molar-refractivity contribution in [3.05, 3.63) is 59.7 Å². The lowest BCUT2D eigenvalue weighted by Crippen LogP contribution is -2.37. The van der Waals surface area contributed by atoms with Crippen molar-refractivity contribution in [3.8, 4) is 0 Å². The van der Waals surface area contributed by atoms with Gasteiger partial charge in [-0.25, -0.2) is 16.8 Å².